The summed E-state index contributed by atoms with van der Waals surface area (Å²) in [7, 11) is -3.03. The molecule has 1 fully saturated rings. The molecule has 1 saturated heterocycles. The Labute approximate surface area is 98.8 Å². The van der Waals surface area contributed by atoms with E-state index in [1.165, 1.54) is 17.6 Å². The third-order valence-corrected chi connectivity index (χ3v) is 5.22. The van der Waals surface area contributed by atoms with E-state index in [0.29, 0.717) is 24.4 Å². The lowest BCUT2D eigenvalue weighted by Gasteiger charge is -2.14. The van der Waals surface area contributed by atoms with Crippen molar-refractivity contribution in [3.8, 4) is 0 Å². The van der Waals surface area contributed by atoms with Crippen LogP contribution >= 0.6 is 11.3 Å². The van der Waals surface area contributed by atoms with Gasteiger partial charge in [0.05, 0.1) is 10.1 Å². The number of hydrogen-bond acceptors (Lipinski definition) is 4. The molecule has 0 N–H and O–H groups in total. The zero-order valence-corrected chi connectivity index (χ0v) is 10.6. The van der Waals surface area contributed by atoms with Gasteiger partial charge in [-0.1, -0.05) is 6.07 Å². The van der Waals surface area contributed by atoms with Gasteiger partial charge in [0.1, 0.15) is 0 Å². The number of carbonyl (C=O) groups is 1. The van der Waals surface area contributed by atoms with Crippen LogP contribution in [-0.2, 0) is 9.84 Å². The summed E-state index contributed by atoms with van der Waals surface area (Å²) in [6, 6.07) is 3.59. The molecule has 16 heavy (non-hydrogen) atoms. The minimum Gasteiger partial charge on any atom is -0.337 e. The van der Waals surface area contributed by atoms with Gasteiger partial charge < -0.3 is 4.90 Å². The lowest BCUT2D eigenvalue weighted by molar-refractivity contribution is 0.0798. The zero-order chi connectivity index (χ0) is 11.8. The molecule has 0 radical (unpaired) electrons. The molecule has 1 aromatic rings. The van der Waals surface area contributed by atoms with Crippen LogP contribution in [0.2, 0.25) is 0 Å². The SMILES string of the molecule is CS(=O)(=O)[C@@H]1CCN(C(=O)c2cccs2)C1. The third-order valence-electron chi connectivity index (χ3n) is 2.77. The fourth-order valence-corrected chi connectivity index (χ4v) is 3.49. The van der Waals surface area contributed by atoms with Crippen molar-refractivity contribution in [2.24, 2.45) is 0 Å². The van der Waals surface area contributed by atoms with Gasteiger partial charge in [0.2, 0.25) is 0 Å². The Hall–Kier alpha value is -0.880. The van der Waals surface area contributed by atoms with E-state index in [0.717, 1.165) is 0 Å². The normalized spacial score (nSPS) is 21.3. The van der Waals surface area contributed by atoms with E-state index in [9.17, 15) is 13.2 Å². The fraction of sp³-hybridized carbons (Fsp3) is 0.500. The average Bonchev–Trinajstić information content (AvgIpc) is 2.87. The number of likely N-dealkylation sites (tertiary alicyclic amines) is 1. The van der Waals surface area contributed by atoms with E-state index in [4.69, 9.17) is 0 Å². The summed E-state index contributed by atoms with van der Waals surface area (Å²) in [6.07, 6.45) is 1.78. The molecule has 0 saturated carbocycles. The van der Waals surface area contributed by atoms with E-state index >= 15 is 0 Å². The first kappa shape index (κ1) is 11.6. The molecule has 0 aliphatic carbocycles. The number of sulfone groups is 1. The maximum absolute atomic E-state index is 11.9. The lowest BCUT2D eigenvalue weighted by atomic mass is 10.4. The molecule has 1 amide bonds. The molecule has 0 spiro atoms. The highest BCUT2D eigenvalue weighted by Crippen LogP contribution is 2.20. The maximum atomic E-state index is 11.9. The number of carbonyl (C=O) groups excluding carboxylic acids is 1. The first-order valence-electron chi connectivity index (χ1n) is 5.00. The third kappa shape index (κ3) is 2.27. The second-order valence-electron chi connectivity index (χ2n) is 3.97. The second kappa shape index (κ2) is 4.18. The Bertz CT molecular complexity index is 478. The molecule has 0 unspecified atom stereocenters. The highest BCUT2D eigenvalue weighted by molar-refractivity contribution is 7.91. The van der Waals surface area contributed by atoms with E-state index in [1.807, 2.05) is 11.4 Å². The monoisotopic (exact) mass is 259 g/mol. The Kier molecular flexibility index (Phi) is 3.03. The van der Waals surface area contributed by atoms with Crippen molar-refractivity contribution in [1.82, 2.24) is 4.90 Å². The van der Waals surface area contributed by atoms with Crippen molar-refractivity contribution in [2.75, 3.05) is 19.3 Å². The molecule has 4 nitrogen and oxygen atoms in total. The predicted octanol–water partition coefficient (Wildman–Crippen LogP) is 1.01. The summed E-state index contributed by atoms with van der Waals surface area (Å²) in [5.41, 5.74) is 0. The minimum absolute atomic E-state index is 0.0545. The van der Waals surface area contributed by atoms with Gasteiger partial charge in [-0.2, -0.15) is 0 Å². The van der Waals surface area contributed by atoms with E-state index in [1.54, 1.807) is 11.0 Å². The molecular weight excluding hydrogens is 246 g/mol. The first-order valence-corrected chi connectivity index (χ1v) is 7.83. The molecular formula is C10H13NO3S2. The Morgan fingerprint density at radius 2 is 2.31 bits per heavy atom. The van der Waals surface area contributed by atoms with Gasteiger partial charge >= 0.3 is 0 Å². The number of nitrogens with zero attached hydrogens (tertiary/aromatic N) is 1. The Balaban J connectivity index is 2.08. The van der Waals surface area contributed by atoms with Crippen LogP contribution in [-0.4, -0.2) is 43.8 Å². The molecule has 2 rings (SSSR count). The molecule has 1 aliphatic rings. The molecule has 0 aromatic carbocycles. The van der Waals surface area contributed by atoms with Crippen molar-refractivity contribution in [2.45, 2.75) is 11.7 Å². The Morgan fingerprint density at radius 1 is 1.56 bits per heavy atom. The first-order chi connectivity index (χ1) is 7.48. The topological polar surface area (TPSA) is 54.5 Å². The molecule has 1 aromatic heterocycles. The molecule has 88 valence electrons. The van der Waals surface area contributed by atoms with Crippen molar-refractivity contribution in [1.29, 1.82) is 0 Å². The van der Waals surface area contributed by atoms with Gasteiger partial charge in [0.15, 0.2) is 9.84 Å². The highest BCUT2D eigenvalue weighted by Gasteiger charge is 2.33. The average molecular weight is 259 g/mol. The minimum atomic E-state index is -3.03. The van der Waals surface area contributed by atoms with Crippen LogP contribution in [0.4, 0.5) is 0 Å². The van der Waals surface area contributed by atoms with Crippen LogP contribution in [0.5, 0.6) is 0 Å². The number of amides is 1. The molecule has 6 heteroatoms. The summed E-state index contributed by atoms with van der Waals surface area (Å²) < 4.78 is 22.7. The summed E-state index contributed by atoms with van der Waals surface area (Å²) >= 11 is 1.39. The quantitative estimate of drug-likeness (QED) is 0.796. The zero-order valence-electron chi connectivity index (χ0n) is 8.92. The highest BCUT2D eigenvalue weighted by atomic mass is 32.2. The molecule has 1 atom stereocenters. The lowest BCUT2D eigenvalue weighted by Crippen LogP contribution is -2.31. The van der Waals surface area contributed by atoms with E-state index < -0.39 is 15.1 Å². The van der Waals surface area contributed by atoms with Crippen LogP contribution < -0.4 is 0 Å². The van der Waals surface area contributed by atoms with Crippen LogP contribution in [0.15, 0.2) is 17.5 Å². The fourth-order valence-electron chi connectivity index (χ4n) is 1.82. The van der Waals surface area contributed by atoms with Gasteiger partial charge in [-0.05, 0) is 17.9 Å². The standard InChI is InChI=1S/C10H13NO3S2/c1-16(13,14)8-4-5-11(7-8)10(12)9-3-2-6-15-9/h2-3,6,8H,4-5,7H2,1H3/t8-/m1/s1. The van der Waals surface area contributed by atoms with Crippen LogP contribution in [0.3, 0.4) is 0 Å². The molecule has 2 heterocycles. The van der Waals surface area contributed by atoms with Gasteiger partial charge in [-0.15, -0.1) is 11.3 Å². The van der Waals surface area contributed by atoms with E-state index in [-0.39, 0.29) is 5.91 Å². The van der Waals surface area contributed by atoms with Crippen molar-refractivity contribution >= 4 is 27.1 Å². The number of hydrogen-bond donors (Lipinski definition) is 0. The van der Waals surface area contributed by atoms with Gasteiger partial charge in [0, 0.05) is 19.3 Å². The second-order valence-corrected chi connectivity index (χ2v) is 7.24. The predicted molar refractivity (Wildman–Crippen MR) is 63.5 cm³/mol. The van der Waals surface area contributed by atoms with Crippen molar-refractivity contribution < 1.29 is 13.2 Å². The van der Waals surface area contributed by atoms with Gasteiger partial charge in [-0.25, -0.2) is 8.42 Å². The summed E-state index contributed by atoms with van der Waals surface area (Å²) in [6.45, 7) is 0.865. The summed E-state index contributed by atoms with van der Waals surface area (Å²) in [5, 5.41) is 1.45. The van der Waals surface area contributed by atoms with E-state index in [2.05, 4.69) is 0 Å². The molecule has 1 aliphatic heterocycles. The molecule has 0 bridgehead atoms. The smallest absolute Gasteiger partial charge is 0.263 e. The summed E-state index contributed by atoms with van der Waals surface area (Å²) in [5.74, 6) is -0.0545. The maximum Gasteiger partial charge on any atom is 0.263 e. The van der Waals surface area contributed by atoms with Crippen LogP contribution in [0.25, 0.3) is 0 Å². The van der Waals surface area contributed by atoms with Crippen LogP contribution in [0, 0.1) is 0 Å². The van der Waals surface area contributed by atoms with Gasteiger partial charge in [0.25, 0.3) is 5.91 Å². The van der Waals surface area contributed by atoms with Crippen molar-refractivity contribution in [3.63, 3.8) is 0 Å². The Morgan fingerprint density at radius 3 is 2.81 bits per heavy atom. The number of rotatable bonds is 2. The van der Waals surface area contributed by atoms with Crippen molar-refractivity contribution in [3.05, 3.63) is 22.4 Å². The van der Waals surface area contributed by atoms with Crippen LogP contribution in [0.1, 0.15) is 16.1 Å². The summed E-state index contributed by atoms with van der Waals surface area (Å²) in [4.78, 5) is 14.2. The largest absolute Gasteiger partial charge is 0.337 e. The number of thiophene rings is 1. The van der Waals surface area contributed by atoms with Gasteiger partial charge in [-0.3, -0.25) is 4.79 Å².